The van der Waals surface area contributed by atoms with Crippen LogP contribution in [-0.4, -0.2) is 132 Å². The average Bonchev–Trinajstić information content (AvgIpc) is 2.90. The Bertz CT molecular complexity index is 943. The summed E-state index contributed by atoms with van der Waals surface area (Å²) in [6.07, 6.45) is -13.3. The van der Waals surface area contributed by atoms with Crippen molar-refractivity contribution >= 4 is 12.0 Å². The number of nitrogens with zero attached hydrogens (tertiary/aromatic N) is 1. The molecule has 3 saturated heterocycles. The number of hydrogen-bond acceptors (Lipinski definition) is 13. The lowest BCUT2D eigenvalue weighted by atomic mass is 9.97. The number of aliphatic hydroxyl groups is 5. The van der Waals surface area contributed by atoms with E-state index in [0.29, 0.717) is 5.56 Å². The maximum atomic E-state index is 11.8. The zero-order chi connectivity index (χ0) is 27.6. The van der Waals surface area contributed by atoms with E-state index >= 15 is 0 Å². The van der Waals surface area contributed by atoms with Crippen molar-refractivity contribution in [1.29, 1.82) is 0 Å². The Morgan fingerprint density at radius 3 is 2.29 bits per heavy atom. The Morgan fingerprint density at radius 2 is 1.63 bits per heavy atom. The van der Waals surface area contributed by atoms with Gasteiger partial charge in [-0.15, -0.1) is 0 Å². The lowest BCUT2D eigenvalue weighted by molar-refractivity contribution is -0.399. The van der Waals surface area contributed by atoms with E-state index in [-0.39, 0.29) is 13.2 Å². The van der Waals surface area contributed by atoms with Crippen molar-refractivity contribution in [2.24, 2.45) is 0 Å². The van der Waals surface area contributed by atoms with E-state index in [1.807, 2.05) is 12.1 Å². The molecule has 4 rings (SSSR count). The lowest BCUT2D eigenvalue weighted by Gasteiger charge is -2.48. The van der Waals surface area contributed by atoms with Gasteiger partial charge in [0.05, 0.1) is 13.2 Å². The zero-order valence-corrected chi connectivity index (χ0v) is 21.1. The first-order valence-corrected chi connectivity index (χ1v) is 12.3. The van der Waals surface area contributed by atoms with Crippen LogP contribution in [0.15, 0.2) is 30.8 Å². The second-order valence-corrected chi connectivity index (χ2v) is 9.73. The summed E-state index contributed by atoms with van der Waals surface area (Å²) in [6, 6.07) is 7.28. The molecule has 0 saturated carbocycles. The van der Waals surface area contributed by atoms with E-state index in [2.05, 4.69) is 6.58 Å². The van der Waals surface area contributed by atoms with E-state index in [1.165, 1.54) is 0 Å². The molecule has 1 aromatic carbocycles. The molecule has 3 aliphatic rings. The van der Waals surface area contributed by atoms with Gasteiger partial charge in [0.15, 0.2) is 18.9 Å². The minimum atomic E-state index is -1.73. The van der Waals surface area contributed by atoms with Crippen LogP contribution in [0.3, 0.4) is 0 Å². The number of aliphatic hydroxyl groups excluding tert-OH is 5. The molecule has 11 unspecified atom stereocenters. The van der Waals surface area contributed by atoms with Crippen LogP contribution in [0.1, 0.15) is 17.4 Å². The topological polar surface area (TPSA) is 177 Å². The van der Waals surface area contributed by atoms with Crippen molar-refractivity contribution in [3.05, 3.63) is 42.0 Å². The van der Waals surface area contributed by atoms with Crippen molar-refractivity contribution in [2.75, 3.05) is 33.9 Å². The number of fused-ring (bicyclic) bond motifs is 1. The van der Waals surface area contributed by atoms with Gasteiger partial charge in [-0.3, -0.25) is 9.69 Å². The van der Waals surface area contributed by atoms with Crippen LogP contribution in [0.2, 0.25) is 0 Å². The van der Waals surface area contributed by atoms with Crippen LogP contribution in [0.25, 0.3) is 6.08 Å². The van der Waals surface area contributed by atoms with Crippen LogP contribution in [-0.2, 0) is 33.2 Å². The molecule has 0 aromatic heterocycles. The first-order chi connectivity index (χ1) is 18.1. The van der Waals surface area contributed by atoms with Crippen molar-refractivity contribution in [3.63, 3.8) is 0 Å². The van der Waals surface area contributed by atoms with Crippen molar-refractivity contribution in [1.82, 2.24) is 4.90 Å². The monoisotopic (exact) mass is 541 g/mol. The summed E-state index contributed by atoms with van der Waals surface area (Å²) in [6.45, 7) is 3.28. The Morgan fingerprint density at radius 1 is 0.974 bits per heavy atom. The largest absolute Gasteiger partial charge is 0.462 e. The van der Waals surface area contributed by atoms with Crippen molar-refractivity contribution in [3.8, 4) is 0 Å². The number of rotatable bonds is 8. The minimum absolute atomic E-state index is 0.00203. The zero-order valence-electron chi connectivity index (χ0n) is 21.1. The number of carbonyl (C=O) groups excluding carboxylic acids is 1. The van der Waals surface area contributed by atoms with Gasteiger partial charge < -0.3 is 54.0 Å². The van der Waals surface area contributed by atoms with Crippen LogP contribution in [0, 0.1) is 0 Å². The summed E-state index contributed by atoms with van der Waals surface area (Å²) >= 11 is 0. The van der Waals surface area contributed by atoms with E-state index in [4.69, 9.17) is 28.4 Å². The van der Waals surface area contributed by atoms with Crippen LogP contribution < -0.4 is 0 Å². The first-order valence-electron chi connectivity index (χ1n) is 12.3. The maximum Gasteiger partial charge on any atom is 0.320 e. The van der Waals surface area contributed by atoms with Gasteiger partial charge in [-0.1, -0.05) is 36.9 Å². The molecule has 1 aromatic rings. The van der Waals surface area contributed by atoms with Crippen LogP contribution in [0.5, 0.6) is 0 Å². The average molecular weight is 542 g/mol. The second kappa shape index (κ2) is 12.4. The summed E-state index contributed by atoms with van der Waals surface area (Å²) < 4.78 is 33.6. The van der Waals surface area contributed by atoms with E-state index in [9.17, 15) is 30.3 Å². The third kappa shape index (κ3) is 6.41. The van der Waals surface area contributed by atoms with Crippen molar-refractivity contribution in [2.45, 2.75) is 67.7 Å². The smallest absolute Gasteiger partial charge is 0.320 e. The number of esters is 1. The predicted molar refractivity (Wildman–Crippen MR) is 128 cm³/mol. The quantitative estimate of drug-likeness (QED) is 0.231. The maximum absolute atomic E-state index is 11.8. The molecule has 0 aliphatic carbocycles. The SMILES string of the molecule is C=Cc1ccc(C2OCC3OC(OC4OC(COC(=O)CN(C)C)C(O)C(O)C4O)C(O)C(O)C3O2)cc1. The summed E-state index contributed by atoms with van der Waals surface area (Å²) in [4.78, 5) is 13.4. The molecule has 38 heavy (non-hydrogen) atoms. The van der Waals surface area contributed by atoms with Gasteiger partial charge in [-0.05, 0) is 19.7 Å². The molecule has 0 radical (unpaired) electrons. The molecule has 3 fully saturated rings. The molecule has 0 bridgehead atoms. The highest BCUT2D eigenvalue weighted by molar-refractivity contribution is 5.71. The van der Waals surface area contributed by atoms with Gasteiger partial charge in [-0.2, -0.15) is 0 Å². The third-order valence-corrected chi connectivity index (χ3v) is 6.57. The molecule has 0 amide bonds. The summed E-state index contributed by atoms with van der Waals surface area (Å²) in [5, 5.41) is 52.5. The standard InChI is InChI=1S/C25H35NO12/c1-4-12-5-7-13(8-6-12)23-34-11-15-22(37-23)19(30)21(32)25(36-15)38-24-20(31)18(29)17(28)14(35-24)10-33-16(27)9-26(2)3/h4-8,14-15,17-25,28-32H,1,9-11H2,2-3H3. The molecule has 11 atom stereocenters. The van der Waals surface area contributed by atoms with E-state index in [0.717, 1.165) is 5.56 Å². The molecule has 3 heterocycles. The van der Waals surface area contributed by atoms with Gasteiger partial charge in [0.1, 0.15) is 55.4 Å². The summed E-state index contributed by atoms with van der Waals surface area (Å²) in [7, 11) is 3.35. The van der Waals surface area contributed by atoms with Gasteiger partial charge in [0.25, 0.3) is 0 Å². The van der Waals surface area contributed by atoms with Crippen LogP contribution in [0.4, 0.5) is 0 Å². The number of hydrogen-bond donors (Lipinski definition) is 5. The fourth-order valence-electron chi connectivity index (χ4n) is 4.43. The lowest BCUT2D eigenvalue weighted by Crippen LogP contribution is -2.65. The highest BCUT2D eigenvalue weighted by atomic mass is 16.8. The number of carbonyl (C=O) groups is 1. The molecule has 0 spiro atoms. The molecule has 13 heteroatoms. The Hall–Kier alpha value is -2.01. The Balaban J connectivity index is 1.37. The molecular weight excluding hydrogens is 506 g/mol. The normalized spacial score (nSPS) is 39.4. The van der Waals surface area contributed by atoms with Gasteiger partial charge >= 0.3 is 5.97 Å². The molecule has 3 aliphatic heterocycles. The number of ether oxygens (including phenoxy) is 6. The molecular formula is C25H35NO12. The molecule has 5 N–H and O–H groups in total. The summed E-state index contributed by atoms with van der Waals surface area (Å²) in [5.41, 5.74) is 1.62. The van der Waals surface area contributed by atoms with E-state index in [1.54, 1.807) is 37.2 Å². The second-order valence-electron chi connectivity index (χ2n) is 9.73. The molecule has 13 nitrogen and oxygen atoms in total. The van der Waals surface area contributed by atoms with Gasteiger partial charge in [0, 0.05) is 5.56 Å². The Kier molecular flexibility index (Phi) is 9.49. The van der Waals surface area contributed by atoms with Crippen LogP contribution >= 0.6 is 0 Å². The minimum Gasteiger partial charge on any atom is -0.462 e. The summed E-state index contributed by atoms with van der Waals surface area (Å²) in [5.74, 6) is -0.587. The van der Waals surface area contributed by atoms with Gasteiger partial charge in [-0.25, -0.2) is 0 Å². The molecule has 212 valence electrons. The first kappa shape index (κ1) is 29.0. The Labute approximate surface area is 219 Å². The number of benzene rings is 1. The van der Waals surface area contributed by atoms with Gasteiger partial charge in [0.2, 0.25) is 0 Å². The highest BCUT2D eigenvalue weighted by Crippen LogP contribution is 2.35. The fourth-order valence-corrected chi connectivity index (χ4v) is 4.43. The van der Waals surface area contributed by atoms with Crippen molar-refractivity contribution < 1.29 is 58.7 Å². The van der Waals surface area contributed by atoms with E-state index < -0.39 is 80.3 Å². The predicted octanol–water partition coefficient (Wildman–Crippen LogP) is -1.88. The highest BCUT2D eigenvalue weighted by Gasteiger charge is 2.52. The third-order valence-electron chi connectivity index (χ3n) is 6.57. The number of likely N-dealkylation sites (N-methyl/N-ethyl adjacent to an activating group) is 1. The fraction of sp³-hybridized carbons (Fsp3) is 0.640.